The van der Waals surface area contributed by atoms with E-state index in [9.17, 15) is 0 Å². The summed E-state index contributed by atoms with van der Waals surface area (Å²) in [5, 5.41) is 4.75. The van der Waals surface area contributed by atoms with Crippen LogP contribution in [-0.2, 0) is 13.0 Å². The van der Waals surface area contributed by atoms with Crippen molar-refractivity contribution in [3.05, 3.63) is 52.0 Å². The van der Waals surface area contributed by atoms with Gasteiger partial charge in [0.2, 0.25) is 0 Å². The van der Waals surface area contributed by atoms with Crippen LogP contribution in [0.25, 0.3) is 0 Å². The average Bonchev–Trinajstić information content (AvgIpc) is 2.82. The van der Waals surface area contributed by atoms with Crippen LogP contribution in [0.15, 0.2) is 30.6 Å². The molecule has 1 heterocycles. The van der Waals surface area contributed by atoms with Crippen LogP contribution in [-0.4, -0.2) is 16.5 Å². The third-order valence-corrected chi connectivity index (χ3v) is 3.02. The maximum absolute atomic E-state index is 6.06. The third-order valence-electron chi connectivity index (χ3n) is 2.42. The first-order chi connectivity index (χ1) is 8.25. The summed E-state index contributed by atoms with van der Waals surface area (Å²) in [5.74, 6) is 0.981. The van der Waals surface area contributed by atoms with E-state index in [4.69, 9.17) is 23.2 Å². The zero-order valence-corrected chi connectivity index (χ0v) is 10.7. The van der Waals surface area contributed by atoms with E-state index in [0.717, 1.165) is 29.4 Å². The van der Waals surface area contributed by atoms with Crippen molar-refractivity contribution in [2.45, 2.75) is 13.0 Å². The number of benzene rings is 1. The van der Waals surface area contributed by atoms with Crippen LogP contribution in [0.3, 0.4) is 0 Å². The molecule has 0 saturated heterocycles. The minimum Gasteiger partial charge on any atom is -0.349 e. The summed E-state index contributed by atoms with van der Waals surface area (Å²) in [6, 6.07) is 5.48. The molecule has 0 amide bonds. The molecule has 5 heteroatoms. The highest BCUT2D eigenvalue weighted by Crippen LogP contribution is 2.20. The monoisotopic (exact) mass is 269 g/mol. The molecule has 0 atom stereocenters. The summed E-state index contributed by atoms with van der Waals surface area (Å²) in [6.07, 6.45) is 4.44. The Morgan fingerprint density at radius 2 is 2.18 bits per heavy atom. The number of aromatic nitrogens is 2. The molecule has 0 aliphatic rings. The van der Waals surface area contributed by atoms with Gasteiger partial charge in [0.15, 0.2) is 0 Å². The summed E-state index contributed by atoms with van der Waals surface area (Å²) in [5.41, 5.74) is 1.01. The maximum Gasteiger partial charge on any atom is 0.107 e. The van der Waals surface area contributed by atoms with Crippen molar-refractivity contribution >= 4 is 23.2 Å². The summed E-state index contributed by atoms with van der Waals surface area (Å²) in [7, 11) is 0. The second-order valence-corrected chi connectivity index (χ2v) is 4.54. The van der Waals surface area contributed by atoms with E-state index >= 15 is 0 Å². The van der Waals surface area contributed by atoms with Crippen molar-refractivity contribution in [3.8, 4) is 0 Å². The lowest BCUT2D eigenvalue weighted by Crippen LogP contribution is -2.17. The standard InChI is InChI=1S/C12H13Cl2N3/c13-10-1-2-11(14)9(7-10)8-15-4-3-12-16-5-6-17-12/h1-2,5-7,15H,3-4,8H2,(H,16,17). The van der Waals surface area contributed by atoms with Gasteiger partial charge in [-0.25, -0.2) is 4.98 Å². The highest BCUT2D eigenvalue weighted by atomic mass is 35.5. The highest BCUT2D eigenvalue weighted by Gasteiger charge is 2.01. The van der Waals surface area contributed by atoms with Gasteiger partial charge in [-0.2, -0.15) is 0 Å². The average molecular weight is 270 g/mol. The number of nitrogens with zero attached hydrogens (tertiary/aromatic N) is 1. The van der Waals surface area contributed by atoms with Crippen molar-refractivity contribution in [2.24, 2.45) is 0 Å². The summed E-state index contributed by atoms with van der Waals surface area (Å²) in [6.45, 7) is 1.55. The van der Waals surface area contributed by atoms with Crippen molar-refractivity contribution in [2.75, 3.05) is 6.54 Å². The highest BCUT2D eigenvalue weighted by molar-refractivity contribution is 6.33. The zero-order chi connectivity index (χ0) is 12.1. The molecule has 3 nitrogen and oxygen atoms in total. The fourth-order valence-electron chi connectivity index (χ4n) is 1.54. The van der Waals surface area contributed by atoms with E-state index in [1.807, 2.05) is 18.3 Å². The van der Waals surface area contributed by atoms with Crippen LogP contribution < -0.4 is 5.32 Å². The molecule has 0 unspecified atom stereocenters. The van der Waals surface area contributed by atoms with Gasteiger partial charge in [-0.15, -0.1) is 0 Å². The second-order valence-electron chi connectivity index (χ2n) is 3.70. The van der Waals surface area contributed by atoms with Gasteiger partial charge < -0.3 is 10.3 Å². The Labute approximate surface area is 110 Å². The lowest BCUT2D eigenvalue weighted by atomic mass is 10.2. The molecule has 0 aliphatic heterocycles. The van der Waals surface area contributed by atoms with Gasteiger partial charge in [-0.05, 0) is 23.8 Å². The predicted octanol–water partition coefficient (Wildman–Crippen LogP) is 3.05. The van der Waals surface area contributed by atoms with Gasteiger partial charge in [-0.3, -0.25) is 0 Å². The fraction of sp³-hybridized carbons (Fsp3) is 0.250. The number of imidazole rings is 1. The Balaban J connectivity index is 1.80. The molecular weight excluding hydrogens is 257 g/mol. The number of rotatable bonds is 5. The zero-order valence-electron chi connectivity index (χ0n) is 9.21. The lowest BCUT2D eigenvalue weighted by Gasteiger charge is -2.06. The molecule has 1 aromatic heterocycles. The number of halogens is 2. The normalized spacial score (nSPS) is 10.7. The molecule has 90 valence electrons. The number of aromatic amines is 1. The minimum absolute atomic E-state index is 0.706. The first-order valence-corrected chi connectivity index (χ1v) is 6.14. The number of hydrogen-bond acceptors (Lipinski definition) is 2. The summed E-state index contributed by atoms with van der Waals surface area (Å²) in [4.78, 5) is 7.21. The first-order valence-electron chi connectivity index (χ1n) is 5.38. The topological polar surface area (TPSA) is 40.7 Å². The van der Waals surface area contributed by atoms with Crippen molar-refractivity contribution in [1.82, 2.24) is 15.3 Å². The third kappa shape index (κ3) is 3.73. The number of H-pyrrole nitrogens is 1. The van der Waals surface area contributed by atoms with Gasteiger partial charge in [0.1, 0.15) is 5.82 Å². The molecule has 0 aliphatic carbocycles. The van der Waals surface area contributed by atoms with Crippen LogP contribution in [0.5, 0.6) is 0 Å². The van der Waals surface area contributed by atoms with E-state index in [0.29, 0.717) is 11.6 Å². The first kappa shape index (κ1) is 12.4. The maximum atomic E-state index is 6.06. The minimum atomic E-state index is 0.706. The van der Waals surface area contributed by atoms with E-state index in [2.05, 4.69) is 15.3 Å². The van der Waals surface area contributed by atoms with Gasteiger partial charge in [0.05, 0.1) is 0 Å². The van der Waals surface area contributed by atoms with Crippen molar-refractivity contribution < 1.29 is 0 Å². The van der Waals surface area contributed by atoms with Crippen LogP contribution >= 0.6 is 23.2 Å². The van der Waals surface area contributed by atoms with Crippen LogP contribution in [0.4, 0.5) is 0 Å². The quantitative estimate of drug-likeness (QED) is 0.820. The lowest BCUT2D eigenvalue weighted by molar-refractivity contribution is 0.674. The Morgan fingerprint density at radius 1 is 1.29 bits per heavy atom. The number of hydrogen-bond donors (Lipinski definition) is 2. The van der Waals surface area contributed by atoms with Gasteiger partial charge >= 0.3 is 0 Å². The van der Waals surface area contributed by atoms with E-state index < -0.39 is 0 Å². The molecule has 0 spiro atoms. The largest absolute Gasteiger partial charge is 0.349 e. The van der Waals surface area contributed by atoms with Crippen LogP contribution in [0, 0.1) is 0 Å². The molecule has 0 saturated carbocycles. The predicted molar refractivity (Wildman–Crippen MR) is 70.5 cm³/mol. The Hall–Kier alpha value is -1.03. The van der Waals surface area contributed by atoms with Gasteiger partial charge in [0, 0.05) is 41.9 Å². The Kier molecular flexibility index (Phi) is 4.42. The summed E-state index contributed by atoms with van der Waals surface area (Å²) >= 11 is 12.0. The van der Waals surface area contributed by atoms with Crippen molar-refractivity contribution in [1.29, 1.82) is 0 Å². The van der Waals surface area contributed by atoms with Gasteiger partial charge in [0.25, 0.3) is 0 Å². The van der Waals surface area contributed by atoms with E-state index in [1.54, 1.807) is 12.3 Å². The van der Waals surface area contributed by atoms with E-state index in [-0.39, 0.29) is 0 Å². The van der Waals surface area contributed by atoms with Gasteiger partial charge in [-0.1, -0.05) is 23.2 Å². The molecular formula is C12H13Cl2N3. The molecule has 1 aromatic carbocycles. The molecule has 2 N–H and O–H groups in total. The molecule has 0 fully saturated rings. The molecule has 17 heavy (non-hydrogen) atoms. The van der Waals surface area contributed by atoms with Crippen LogP contribution in [0.2, 0.25) is 10.0 Å². The SMILES string of the molecule is Clc1ccc(Cl)c(CNCCc2ncc[nH]2)c1. The van der Waals surface area contributed by atoms with Crippen molar-refractivity contribution in [3.63, 3.8) is 0 Å². The fourth-order valence-corrected chi connectivity index (χ4v) is 1.92. The van der Waals surface area contributed by atoms with Crippen LogP contribution in [0.1, 0.15) is 11.4 Å². The van der Waals surface area contributed by atoms with E-state index in [1.165, 1.54) is 0 Å². The second kappa shape index (κ2) is 6.05. The Bertz CT molecular complexity index is 469. The molecule has 0 bridgehead atoms. The molecule has 0 radical (unpaired) electrons. The Morgan fingerprint density at radius 3 is 2.94 bits per heavy atom. The summed E-state index contributed by atoms with van der Waals surface area (Å²) < 4.78 is 0. The number of nitrogens with one attached hydrogen (secondary N) is 2. The smallest absolute Gasteiger partial charge is 0.107 e. The molecule has 2 aromatic rings. The molecule has 2 rings (SSSR count).